The molecule has 2 N–H and O–H groups in total. The Morgan fingerprint density at radius 1 is 1.31 bits per heavy atom. The van der Waals surface area contributed by atoms with Crippen molar-refractivity contribution in [3.63, 3.8) is 0 Å². The van der Waals surface area contributed by atoms with E-state index in [9.17, 15) is 8.42 Å². The lowest BCUT2D eigenvalue weighted by Gasteiger charge is -2.38. The molecule has 1 aliphatic heterocycles. The number of nitrogens with one attached hydrogen (secondary N) is 2. The highest BCUT2D eigenvalue weighted by molar-refractivity contribution is 9.10. The molecule has 7 heteroatoms. The van der Waals surface area contributed by atoms with Crippen LogP contribution < -0.4 is 10.6 Å². The van der Waals surface area contributed by atoms with Crippen LogP contribution in [0.15, 0.2) is 33.7 Å². The second kappa shape index (κ2) is 8.30. The third-order valence-electron chi connectivity index (χ3n) is 5.64. The van der Waals surface area contributed by atoms with Crippen molar-refractivity contribution in [3.05, 3.63) is 34.3 Å². The van der Waals surface area contributed by atoms with Gasteiger partial charge in [0.15, 0.2) is 15.8 Å². The minimum absolute atomic E-state index is 0.0422. The summed E-state index contributed by atoms with van der Waals surface area (Å²) in [4.78, 5) is 4.32. The largest absolute Gasteiger partial charge is 0.356 e. The van der Waals surface area contributed by atoms with Gasteiger partial charge < -0.3 is 10.6 Å². The smallest absolute Gasteiger partial charge is 0.191 e. The van der Waals surface area contributed by atoms with Gasteiger partial charge in [-0.15, -0.1) is 0 Å². The fourth-order valence-electron chi connectivity index (χ4n) is 4.16. The molecule has 1 heterocycles. The van der Waals surface area contributed by atoms with Gasteiger partial charge in [-0.05, 0) is 37.0 Å². The van der Waals surface area contributed by atoms with Crippen LogP contribution in [0.25, 0.3) is 0 Å². The monoisotopic (exact) mass is 441 g/mol. The Hall–Kier alpha value is -1.08. The van der Waals surface area contributed by atoms with E-state index >= 15 is 0 Å². The maximum atomic E-state index is 11.7. The van der Waals surface area contributed by atoms with E-state index in [4.69, 9.17) is 0 Å². The van der Waals surface area contributed by atoms with Crippen LogP contribution in [-0.2, 0) is 15.3 Å². The van der Waals surface area contributed by atoms with Crippen LogP contribution in [0.3, 0.4) is 0 Å². The van der Waals surface area contributed by atoms with Crippen molar-refractivity contribution in [2.24, 2.45) is 4.99 Å². The summed E-state index contributed by atoms with van der Waals surface area (Å²) in [5.41, 5.74) is 1.46. The van der Waals surface area contributed by atoms with Crippen LogP contribution in [0, 0.1) is 0 Å². The van der Waals surface area contributed by atoms with Gasteiger partial charge in [0, 0.05) is 29.5 Å². The SMILES string of the molecule is CN=C(NCC1(c2cccc(Br)c2)CCCCC1)NC1CCS(=O)(=O)C1. The third kappa shape index (κ3) is 4.80. The molecule has 3 rings (SSSR count). The van der Waals surface area contributed by atoms with E-state index in [2.05, 4.69) is 55.8 Å². The van der Waals surface area contributed by atoms with Crippen LogP contribution >= 0.6 is 15.9 Å². The average Bonchev–Trinajstić information content (AvgIpc) is 2.98. The number of guanidine groups is 1. The zero-order valence-electron chi connectivity index (χ0n) is 15.3. The van der Waals surface area contributed by atoms with Gasteiger partial charge in [-0.3, -0.25) is 4.99 Å². The maximum Gasteiger partial charge on any atom is 0.191 e. The molecule has 1 aromatic rings. The van der Waals surface area contributed by atoms with Crippen molar-refractivity contribution in [1.82, 2.24) is 10.6 Å². The van der Waals surface area contributed by atoms with Gasteiger partial charge in [-0.1, -0.05) is 47.3 Å². The van der Waals surface area contributed by atoms with Crippen molar-refractivity contribution in [1.29, 1.82) is 0 Å². The van der Waals surface area contributed by atoms with E-state index < -0.39 is 9.84 Å². The van der Waals surface area contributed by atoms with Crippen LogP contribution in [0.2, 0.25) is 0 Å². The molecule has 1 atom stereocenters. The molecule has 2 fully saturated rings. The first-order valence-corrected chi connectivity index (χ1v) is 12.0. The van der Waals surface area contributed by atoms with E-state index in [1.807, 2.05) is 0 Å². The number of rotatable bonds is 4. The molecular formula is C19H28BrN3O2S. The first kappa shape index (κ1) is 19.7. The molecule has 0 spiro atoms. The number of halogens is 1. The highest BCUT2D eigenvalue weighted by Gasteiger charge is 2.34. The summed E-state index contributed by atoms with van der Waals surface area (Å²) in [5.74, 6) is 1.17. The molecule has 1 aliphatic carbocycles. The first-order valence-electron chi connectivity index (χ1n) is 9.36. The van der Waals surface area contributed by atoms with Crippen molar-refractivity contribution >= 4 is 31.7 Å². The second-order valence-corrected chi connectivity index (χ2v) is 10.7. The Balaban J connectivity index is 1.69. The third-order valence-corrected chi connectivity index (χ3v) is 7.90. The standard InChI is InChI=1S/C19H28BrN3O2S/c1-21-18(23-17-8-11-26(24,25)13-17)22-14-19(9-3-2-4-10-19)15-6-5-7-16(20)12-15/h5-7,12,17H,2-4,8-11,13-14H2,1H3,(H2,21,22,23). The number of nitrogens with zero attached hydrogens (tertiary/aromatic N) is 1. The Kier molecular flexibility index (Phi) is 6.28. The van der Waals surface area contributed by atoms with E-state index in [0.29, 0.717) is 12.4 Å². The van der Waals surface area contributed by atoms with Gasteiger partial charge in [0.05, 0.1) is 11.5 Å². The van der Waals surface area contributed by atoms with Crippen molar-refractivity contribution in [3.8, 4) is 0 Å². The molecule has 1 saturated heterocycles. The lowest BCUT2D eigenvalue weighted by molar-refractivity contribution is 0.291. The van der Waals surface area contributed by atoms with E-state index in [0.717, 1.165) is 23.9 Å². The van der Waals surface area contributed by atoms with Crippen molar-refractivity contribution < 1.29 is 8.42 Å². The Bertz CT molecular complexity index is 758. The first-order chi connectivity index (χ1) is 12.4. The highest BCUT2D eigenvalue weighted by atomic mass is 79.9. The Morgan fingerprint density at radius 3 is 2.69 bits per heavy atom. The predicted octanol–water partition coefficient (Wildman–Crippen LogP) is 3.00. The summed E-state index contributed by atoms with van der Waals surface area (Å²) in [6, 6.07) is 8.57. The number of sulfone groups is 1. The molecule has 0 radical (unpaired) electrons. The summed E-state index contributed by atoms with van der Waals surface area (Å²) < 4.78 is 24.5. The van der Waals surface area contributed by atoms with E-state index in [1.54, 1.807) is 7.05 Å². The molecule has 2 aliphatic rings. The molecule has 1 aromatic carbocycles. The summed E-state index contributed by atoms with van der Waals surface area (Å²) in [6.07, 6.45) is 6.74. The molecule has 5 nitrogen and oxygen atoms in total. The number of hydrogen-bond acceptors (Lipinski definition) is 3. The van der Waals surface area contributed by atoms with Crippen LogP contribution in [-0.4, -0.2) is 45.5 Å². The fourth-order valence-corrected chi connectivity index (χ4v) is 6.24. The summed E-state index contributed by atoms with van der Waals surface area (Å²) in [5, 5.41) is 6.77. The van der Waals surface area contributed by atoms with Gasteiger partial charge >= 0.3 is 0 Å². The zero-order chi connectivity index (χ0) is 18.6. The van der Waals surface area contributed by atoms with Gasteiger partial charge in [0.25, 0.3) is 0 Å². The lowest BCUT2D eigenvalue weighted by Crippen LogP contribution is -2.49. The van der Waals surface area contributed by atoms with Crippen molar-refractivity contribution in [2.45, 2.75) is 50.0 Å². The van der Waals surface area contributed by atoms with Crippen LogP contribution in [0.5, 0.6) is 0 Å². The fraction of sp³-hybridized carbons (Fsp3) is 0.632. The molecule has 0 bridgehead atoms. The molecule has 144 valence electrons. The van der Waals surface area contributed by atoms with Crippen molar-refractivity contribution in [2.75, 3.05) is 25.1 Å². The molecular weight excluding hydrogens is 414 g/mol. The summed E-state index contributed by atoms with van der Waals surface area (Å²) in [7, 11) is -1.15. The second-order valence-electron chi connectivity index (χ2n) is 7.52. The Morgan fingerprint density at radius 2 is 2.08 bits per heavy atom. The van der Waals surface area contributed by atoms with Gasteiger partial charge in [0.2, 0.25) is 0 Å². The summed E-state index contributed by atoms with van der Waals surface area (Å²) >= 11 is 3.60. The quantitative estimate of drug-likeness (QED) is 0.556. The Labute approximate surface area is 165 Å². The number of benzene rings is 1. The van der Waals surface area contributed by atoms with E-state index in [1.165, 1.54) is 24.8 Å². The number of aliphatic imine (C=N–C) groups is 1. The van der Waals surface area contributed by atoms with Crippen LogP contribution in [0.4, 0.5) is 0 Å². The molecule has 1 saturated carbocycles. The normalized spacial score (nSPS) is 25.0. The van der Waals surface area contributed by atoms with Gasteiger partial charge in [-0.2, -0.15) is 0 Å². The zero-order valence-corrected chi connectivity index (χ0v) is 17.7. The molecule has 0 amide bonds. The van der Waals surface area contributed by atoms with Gasteiger partial charge in [-0.25, -0.2) is 8.42 Å². The van der Waals surface area contributed by atoms with E-state index in [-0.39, 0.29) is 23.0 Å². The lowest BCUT2D eigenvalue weighted by atomic mass is 9.69. The van der Waals surface area contributed by atoms with Gasteiger partial charge in [0.1, 0.15) is 0 Å². The highest BCUT2D eigenvalue weighted by Crippen LogP contribution is 2.39. The van der Waals surface area contributed by atoms with Crippen LogP contribution in [0.1, 0.15) is 44.1 Å². The summed E-state index contributed by atoms with van der Waals surface area (Å²) in [6.45, 7) is 0.808. The molecule has 0 aromatic heterocycles. The molecule has 1 unspecified atom stereocenters. The topological polar surface area (TPSA) is 70.6 Å². The maximum absolute atomic E-state index is 11.7. The average molecular weight is 442 g/mol. The molecule has 26 heavy (non-hydrogen) atoms. The number of hydrogen-bond donors (Lipinski definition) is 2. The minimum atomic E-state index is -2.90. The minimum Gasteiger partial charge on any atom is -0.356 e. The predicted molar refractivity (Wildman–Crippen MR) is 110 cm³/mol.